The zero-order chi connectivity index (χ0) is 7.40. The normalized spacial score (nSPS) is 32.0. The average Bonchev–Trinajstić information content (AvgIpc) is 2.36. The topological polar surface area (TPSA) is 33.0 Å². The Kier molecular flexibility index (Phi) is 3.04. The minimum absolute atomic E-state index is 0.324. The molecule has 0 aromatic heterocycles. The summed E-state index contributed by atoms with van der Waals surface area (Å²) in [5.41, 5.74) is 0. The standard InChI is InChI=1S/C7H11NOS/c1-2-6-7(10-5-8)3-4-9-6/h6-7H,2-4H2,1H3. The van der Waals surface area contributed by atoms with Gasteiger partial charge in [-0.1, -0.05) is 6.92 Å². The summed E-state index contributed by atoms with van der Waals surface area (Å²) < 4.78 is 5.40. The monoisotopic (exact) mass is 157 g/mol. The third-order valence-corrected chi connectivity index (χ3v) is 2.70. The average molecular weight is 157 g/mol. The fourth-order valence-corrected chi connectivity index (χ4v) is 1.98. The van der Waals surface area contributed by atoms with E-state index in [9.17, 15) is 0 Å². The summed E-state index contributed by atoms with van der Waals surface area (Å²) in [4.78, 5) is 0. The predicted octanol–water partition coefficient (Wildman–Crippen LogP) is 1.77. The molecule has 0 amide bonds. The van der Waals surface area contributed by atoms with Crippen LogP contribution in [-0.2, 0) is 4.74 Å². The number of thiocyanates is 1. The van der Waals surface area contributed by atoms with Crippen molar-refractivity contribution in [3.8, 4) is 5.40 Å². The smallest absolute Gasteiger partial charge is 0.133 e. The summed E-state index contributed by atoms with van der Waals surface area (Å²) >= 11 is 1.35. The molecule has 1 aliphatic heterocycles. The third kappa shape index (κ3) is 1.65. The van der Waals surface area contributed by atoms with Gasteiger partial charge in [0.05, 0.1) is 6.10 Å². The van der Waals surface area contributed by atoms with Crippen molar-refractivity contribution < 1.29 is 4.74 Å². The van der Waals surface area contributed by atoms with Gasteiger partial charge in [0.15, 0.2) is 0 Å². The Morgan fingerprint density at radius 1 is 1.80 bits per heavy atom. The van der Waals surface area contributed by atoms with Crippen molar-refractivity contribution in [3.05, 3.63) is 0 Å². The van der Waals surface area contributed by atoms with E-state index >= 15 is 0 Å². The fourth-order valence-electron chi connectivity index (χ4n) is 1.21. The Balaban J connectivity index is 2.36. The molecular weight excluding hydrogens is 146 g/mol. The van der Waals surface area contributed by atoms with Crippen LogP contribution in [0.1, 0.15) is 19.8 Å². The lowest BCUT2D eigenvalue weighted by molar-refractivity contribution is 0.110. The first-order valence-corrected chi connectivity index (χ1v) is 4.42. The molecule has 0 bridgehead atoms. The van der Waals surface area contributed by atoms with Gasteiger partial charge in [-0.25, -0.2) is 0 Å². The van der Waals surface area contributed by atoms with Crippen molar-refractivity contribution in [1.29, 1.82) is 5.26 Å². The molecule has 2 atom stereocenters. The van der Waals surface area contributed by atoms with Gasteiger partial charge in [0.1, 0.15) is 5.40 Å². The number of nitrogens with zero attached hydrogens (tertiary/aromatic N) is 1. The van der Waals surface area contributed by atoms with Gasteiger partial charge >= 0.3 is 0 Å². The zero-order valence-corrected chi connectivity index (χ0v) is 6.86. The second kappa shape index (κ2) is 3.85. The Labute approximate surface area is 65.6 Å². The van der Waals surface area contributed by atoms with Gasteiger partial charge < -0.3 is 4.74 Å². The maximum atomic E-state index is 8.40. The molecule has 2 unspecified atom stereocenters. The summed E-state index contributed by atoms with van der Waals surface area (Å²) in [6.45, 7) is 2.93. The Morgan fingerprint density at radius 3 is 3.20 bits per heavy atom. The minimum Gasteiger partial charge on any atom is -0.377 e. The largest absolute Gasteiger partial charge is 0.377 e. The zero-order valence-electron chi connectivity index (χ0n) is 6.04. The summed E-state index contributed by atoms with van der Waals surface area (Å²) in [5.74, 6) is 0. The van der Waals surface area contributed by atoms with Crippen molar-refractivity contribution >= 4 is 11.8 Å². The van der Waals surface area contributed by atoms with E-state index in [1.54, 1.807) is 0 Å². The molecule has 2 nitrogen and oxygen atoms in total. The number of hydrogen-bond acceptors (Lipinski definition) is 3. The first-order valence-electron chi connectivity index (χ1n) is 3.54. The Morgan fingerprint density at radius 2 is 2.60 bits per heavy atom. The number of thioether (sulfide) groups is 1. The summed E-state index contributed by atoms with van der Waals surface area (Å²) in [6, 6.07) is 0. The maximum absolute atomic E-state index is 8.40. The van der Waals surface area contributed by atoms with Crippen molar-refractivity contribution in [2.24, 2.45) is 0 Å². The van der Waals surface area contributed by atoms with Crippen molar-refractivity contribution in [3.63, 3.8) is 0 Å². The highest BCUT2D eigenvalue weighted by atomic mass is 32.2. The van der Waals surface area contributed by atoms with Crippen LogP contribution < -0.4 is 0 Å². The predicted molar refractivity (Wildman–Crippen MR) is 41.6 cm³/mol. The Bertz CT molecular complexity index is 143. The van der Waals surface area contributed by atoms with E-state index in [0.29, 0.717) is 11.4 Å². The third-order valence-electron chi connectivity index (χ3n) is 1.76. The molecule has 1 aliphatic rings. The van der Waals surface area contributed by atoms with Gasteiger partial charge in [0.2, 0.25) is 0 Å². The van der Waals surface area contributed by atoms with E-state index in [2.05, 4.69) is 12.3 Å². The first-order chi connectivity index (χ1) is 4.88. The molecule has 1 fully saturated rings. The molecule has 0 saturated carbocycles. The highest BCUT2D eigenvalue weighted by Crippen LogP contribution is 2.27. The lowest BCUT2D eigenvalue weighted by Crippen LogP contribution is -2.15. The van der Waals surface area contributed by atoms with Crippen LogP contribution in [0.25, 0.3) is 0 Å². The molecule has 10 heavy (non-hydrogen) atoms. The molecular formula is C7H11NOS. The molecule has 0 aromatic carbocycles. The first kappa shape index (κ1) is 7.90. The number of hydrogen-bond donors (Lipinski definition) is 0. The van der Waals surface area contributed by atoms with Gasteiger partial charge in [0, 0.05) is 11.9 Å². The number of nitriles is 1. The van der Waals surface area contributed by atoms with Crippen LogP contribution in [0, 0.1) is 10.7 Å². The quantitative estimate of drug-likeness (QED) is 0.573. The molecule has 1 rings (SSSR count). The fraction of sp³-hybridized carbons (Fsp3) is 0.857. The van der Waals surface area contributed by atoms with Gasteiger partial charge in [0.25, 0.3) is 0 Å². The van der Waals surface area contributed by atoms with E-state index in [-0.39, 0.29) is 0 Å². The molecule has 1 heterocycles. The summed E-state index contributed by atoms with van der Waals surface area (Å²) in [7, 11) is 0. The van der Waals surface area contributed by atoms with Gasteiger partial charge in [-0.2, -0.15) is 5.26 Å². The van der Waals surface area contributed by atoms with Crippen molar-refractivity contribution in [2.75, 3.05) is 6.61 Å². The van der Waals surface area contributed by atoms with Crippen LogP contribution in [-0.4, -0.2) is 18.0 Å². The van der Waals surface area contributed by atoms with Gasteiger partial charge in [-0.3, -0.25) is 0 Å². The molecule has 0 N–H and O–H groups in total. The lowest BCUT2D eigenvalue weighted by atomic mass is 10.2. The van der Waals surface area contributed by atoms with Crippen molar-refractivity contribution in [1.82, 2.24) is 0 Å². The number of ether oxygens (including phenoxy) is 1. The molecule has 1 saturated heterocycles. The van der Waals surface area contributed by atoms with Gasteiger partial charge in [-0.15, -0.1) is 0 Å². The second-order valence-electron chi connectivity index (χ2n) is 2.35. The molecule has 0 aliphatic carbocycles. The molecule has 56 valence electrons. The lowest BCUT2D eigenvalue weighted by Gasteiger charge is -2.11. The van der Waals surface area contributed by atoms with Crippen LogP contribution in [0.15, 0.2) is 0 Å². The van der Waals surface area contributed by atoms with Crippen LogP contribution >= 0.6 is 11.8 Å². The maximum Gasteiger partial charge on any atom is 0.133 e. The van der Waals surface area contributed by atoms with Crippen LogP contribution in [0.4, 0.5) is 0 Å². The SMILES string of the molecule is CCC1OCCC1SC#N. The molecule has 0 radical (unpaired) electrons. The highest BCUT2D eigenvalue weighted by molar-refractivity contribution is 8.04. The molecule has 3 heteroatoms. The molecule has 0 spiro atoms. The van der Waals surface area contributed by atoms with Crippen LogP contribution in [0.2, 0.25) is 0 Å². The van der Waals surface area contributed by atoms with E-state index in [4.69, 9.17) is 10.00 Å². The van der Waals surface area contributed by atoms with E-state index in [1.807, 2.05) is 0 Å². The highest BCUT2D eigenvalue weighted by Gasteiger charge is 2.26. The van der Waals surface area contributed by atoms with Crippen LogP contribution in [0.3, 0.4) is 0 Å². The molecule has 0 aromatic rings. The summed E-state index contributed by atoms with van der Waals surface area (Å²) in [6.07, 6.45) is 2.39. The van der Waals surface area contributed by atoms with E-state index in [1.165, 1.54) is 11.8 Å². The van der Waals surface area contributed by atoms with Crippen LogP contribution in [0.5, 0.6) is 0 Å². The second-order valence-corrected chi connectivity index (χ2v) is 3.38. The van der Waals surface area contributed by atoms with E-state index < -0.39 is 0 Å². The summed E-state index contributed by atoms with van der Waals surface area (Å²) in [5, 5.41) is 10.9. The van der Waals surface area contributed by atoms with E-state index in [0.717, 1.165) is 19.4 Å². The minimum atomic E-state index is 0.324. The van der Waals surface area contributed by atoms with Gasteiger partial charge in [-0.05, 0) is 24.6 Å². The Hall–Kier alpha value is -0.200. The van der Waals surface area contributed by atoms with Crippen molar-refractivity contribution in [2.45, 2.75) is 31.1 Å². The number of rotatable bonds is 2.